The Morgan fingerprint density at radius 1 is 1.15 bits per heavy atom. The summed E-state index contributed by atoms with van der Waals surface area (Å²) in [6.07, 6.45) is 2.35. The van der Waals surface area contributed by atoms with Crippen molar-refractivity contribution in [3.8, 4) is 5.75 Å². The predicted octanol–water partition coefficient (Wildman–Crippen LogP) is 4.39. The van der Waals surface area contributed by atoms with Crippen LogP contribution in [0.15, 0.2) is 24.3 Å². The number of hydrogen-bond donors (Lipinski definition) is 0. The highest BCUT2D eigenvalue weighted by atomic mass is 127. The van der Waals surface area contributed by atoms with Crippen LogP contribution in [0.5, 0.6) is 5.75 Å². The second-order valence-corrected chi connectivity index (χ2v) is 2.91. The molecular weight excluding hydrogens is 275 g/mol. The maximum atomic E-state index is 5.02. The smallest absolute Gasteiger partial charge is 0.192 e. The fraction of sp³-hybridized carbons (Fsp3) is 0.455. The van der Waals surface area contributed by atoms with Crippen LogP contribution in [0.1, 0.15) is 32.8 Å². The van der Waals surface area contributed by atoms with E-state index in [0.29, 0.717) is 0 Å². The zero-order chi connectivity index (χ0) is 10.1. The number of rotatable bonds is 3. The molecule has 1 rings (SSSR count). The topological polar surface area (TPSA) is 9.23 Å². The largest absolute Gasteiger partial charge is 0.428 e. The first-order valence-corrected chi connectivity index (χ1v) is 5.62. The summed E-state index contributed by atoms with van der Waals surface area (Å²) >= 11 is 1.89. The van der Waals surface area contributed by atoms with Gasteiger partial charge in [-0.3, -0.25) is 0 Å². The molecule has 1 aromatic carbocycles. The third kappa shape index (κ3) is 5.13. The molecule has 0 N–H and O–H groups in total. The Kier molecular flexibility index (Phi) is 8.19. The predicted molar refractivity (Wildman–Crippen MR) is 66.4 cm³/mol. The fourth-order valence-corrected chi connectivity index (χ4v) is 1.29. The van der Waals surface area contributed by atoms with E-state index in [-0.39, 0.29) is 0 Å². The standard InChI is InChI=1S/C9H11IO.C2H6/c1-2-3-8-4-6-9(11-10)7-5-8;1-2/h4-7H,2-3H2,1H3;1-2H3. The molecule has 0 unspecified atom stereocenters. The van der Waals surface area contributed by atoms with Crippen LogP contribution in [0.3, 0.4) is 0 Å². The third-order valence-corrected chi connectivity index (χ3v) is 2.06. The minimum Gasteiger partial charge on any atom is -0.428 e. The molecular formula is C11H17IO. The van der Waals surface area contributed by atoms with E-state index >= 15 is 0 Å². The maximum Gasteiger partial charge on any atom is 0.192 e. The summed E-state index contributed by atoms with van der Waals surface area (Å²) in [5.41, 5.74) is 1.38. The van der Waals surface area contributed by atoms with Crippen molar-refractivity contribution in [1.82, 2.24) is 0 Å². The molecule has 1 aromatic rings. The van der Waals surface area contributed by atoms with Crippen LogP contribution >= 0.6 is 23.0 Å². The van der Waals surface area contributed by atoms with E-state index in [9.17, 15) is 0 Å². The molecule has 0 saturated heterocycles. The number of hydrogen-bond acceptors (Lipinski definition) is 1. The van der Waals surface area contributed by atoms with Crippen LogP contribution in [-0.4, -0.2) is 0 Å². The first-order valence-electron chi connectivity index (χ1n) is 4.74. The van der Waals surface area contributed by atoms with Gasteiger partial charge in [-0.15, -0.1) is 0 Å². The first kappa shape index (κ1) is 12.8. The van der Waals surface area contributed by atoms with E-state index in [1.54, 1.807) is 0 Å². The Balaban J connectivity index is 0.000000671. The fourth-order valence-electron chi connectivity index (χ4n) is 0.996. The van der Waals surface area contributed by atoms with Gasteiger partial charge in [-0.2, -0.15) is 0 Å². The van der Waals surface area contributed by atoms with Crippen LogP contribution in [-0.2, 0) is 6.42 Å². The van der Waals surface area contributed by atoms with Crippen LogP contribution in [0.25, 0.3) is 0 Å². The molecule has 0 aliphatic heterocycles. The number of aryl methyl sites for hydroxylation is 1. The van der Waals surface area contributed by atoms with Gasteiger partial charge < -0.3 is 3.07 Å². The zero-order valence-corrected chi connectivity index (χ0v) is 10.7. The molecule has 2 heteroatoms. The molecule has 0 aliphatic rings. The normalized spacial score (nSPS) is 8.62. The molecule has 1 nitrogen and oxygen atoms in total. The van der Waals surface area contributed by atoms with Gasteiger partial charge in [0.15, 0.2) is 23.0 Å². The molecule has 0 fully saturated rings. The molecule has 0 bridgehead atoms. The van der Waals surface area contributed by atoms with Crippen molar-refractivity contribution >= 4 is 23.0 Å². The molecule has 0 amide bonds. The first-order chi connectivity index (χ1) is 6.36. The Morgan fingerprint density at radius 2 is 1.69 bits per heavy atom. The van der Waals surface area contributed by atoms with Gasteiger partial charge in [-0.05, 0) is 24.1 Å². The van der Waals surface area contributed by atoms with Crippen molar-refractivity contribution < 1.29 is 3.07 Å². The Bertz CT molecular complexity index is 206. The molecule has 0 aliphatic carbocycles. The van der Waals surface area contributed by atoms with Gasteiger partial charge in [-0.1, -0.05) is 39.3 Å². The minimum atomic E-state index is 0.922. The second kappa shape index (κ2) is 8.35. The van der Waals surface area contributed by atoms with E-state index in [1.165, 1.54) is 12.0 Å². The van der Waals surface area contributed by atoms with Crippen LogP contribution < -0.4 is 3.07 Å². The Hall–Kier alpha value is -0.250. The highest BCUT2D eigenvalue weighted by Gasteiger charge is 1.92. The Labute approximate surface area is 95.2 Å². The van der Waals surface area contributed by atoms with Crippen LogP contribution in [0.4, 0.5) is 0 Å². The second-order valence-electron chi connectivity index (χ2n) is 2.47. The summed E-state index contributed by atoms with van der Waals surface area (Å²) < 4.78 is 5.02. The molecule has 0 aromatic heterocycles. The van der Waals surface area contributed by atoms with Crippen molar-refractivity contribution in [2.75, 3.05) is 0 Å². The number of halogens is 1. The summed E-state index contributed by atoms with van der Waals surface area (Å²) in [5.74, 6) is 0.922. The molecule has 74 valence electrons. The van der Waals surface area contributed by atoms with Gasteiger partial charge in [0.1, 0.15) is 5.75 Å². The summed E-state index contributed by atoms with van der Waals surface area (Å²) in [7, 11) is 0. The van der Waals surface area contributed by atoms with Gasteiger partial charge in [0.05, 0.1) is 0 Å². The van der Waals surface area contributed by atoms with Crippen LogP contribution in [0, 0.1) is 0 Å². The lowest BCUT2D eigenvalue weighted by Crippen LogP contribution is -1.81. The summed E-state index contributed by atoms with van der Waals surface area (Å²) in [5, 5.41) is 0. The SMILES string of the molecule is CC.CCCc1ccc(OI)cc1. The van der Waals surface area contributed by atoms with Crippen molar-refractivity contribution in [2.24, 2.45) is 0 Å². The van der Waals surface area contributed by atoms with Crippen molar-refractivity contribution in [2.45, 2.75) is 33.6 Å². The summed E-state index contributed by atoms with van der Waals surface area (Å²) in [6, 6.07) is 8.21. The molecule has 0 saturated carbocycles. The molecule has 0 radical (unpaired) electrons. The quantitative estimate of drug-likeness (QED) is 0.751. The summed E-state index contributed by atoms with van der Waals surface area (Å²) in [6.45, 7) is 6.18. The van der Waals surface area contributed by atoms with Gasteiger partial charge >= 0.3 is 0 Å². The zero-order valence-electron chi connectivity index (χ0n) is 8.51. The lowest BCUT2D eigenvalue weighted by molar-refractivity contribution is 0.716. The lowest BCUT2D eigenvalue weighted by atomic mass is 10.1. The summed E-state index contributed by atoms with van der Waals surface area (Å²) in [4.78, 5) is 0. The molecule has 0 atom stereocenters. The average molecular weight is 292 g/mol. The maximum absolute atomic E-state index is 5.02. The molecule has 13 heavy (non-hydrogen) atoms. The van der Waals surface area contributed by atoms with Gasteiger partial charge in [0.2, 0.25) is 0 Å². The molecule has 0 spiro atoms. The number of benzene rings is 1. The van der Waals surface area contributed by atoms with E-state index in [2.05, 4.69) is 19.1 Å². The van der Waals surface area contributed by atoms with Gasteiger partial charge in [0.25, 0.3) is 0 Å². The highest BCUT2D eigenvalue weighted by Crippen LogP contribution is 2.14. The van der Waals surface area contributed by atoms with E-state index in [0.717, 1.165) is 12.2 Å². The van der Waals surface area contributed by atoms with Crippen LogP contribution in [0.2, 0.25) is 0 Å². The van der Waals surface area contributed by atoms with Crippen molar-refractivity contribution in [1.29, 1.82) is 0 Å². The van der Waals surface area contributed by atoms with Gasteiger partial charge in [-0.25, -0.2) is 0 Å². The monoisotopic (exact) mass is 292 g/mol. The third-order valence-electron chi connectivity index (χ3n) is 1.55. The van der Waals surface area contributed by atoms with E-state index < -0.39 is 0 Å². The van der Waals surface area contributed by atoms with E-state index in [4.69, 9.17) is 3.07 Å². The molecule has 0 heterocycles. The highest BCUT2D eigenvalue weighted by molar-refractivity contribution is 14.1. The van der Waals surface area contributed by atoms with E-state index in [1.807, 2.05) is 49.0 Å². The average Bonchev–Trinajstić information content (AvgIpc) is 2.23. The van der Waals surface area contributed by atoms with Crippen molar-refractivity contribution in [3.63, 3.8) is 0 Å². The minimum absolute atomic E-state index is 0.922. The van der Waals surface area contributed by atoms with Crippen molar-refractivity contribution in [3.05, 3.63) is 29.8 Å². The lowest BCUT2D eigenvalue weighted by Gasteiger charge is -1.99. The Morgan fingerprint density at radius 3 is 2.08 bits per heavy atom. The van der Waals surface area contributed by atoms with Gasteiger partial charge in [0, 0.05) is 0 Å².